The summed E-state index contributed by atoms with van der Waals surface area (Å²) in [4.78, 5) is 20.3. The number of halogens is 1. The number of carbonyl (C=O) groups excluding carboxylic acids is 1. The highest BCUT2D eigenvalue weighted by atomic mass is 35.5. The van der Waals surface area contributed by atoms with Crippen molar-refractivity contribution in [2.75, 3.05) is 13.1 Å². The molecule has 0 bridgehead atoms. The molecule has 4 nitrogen and oxygen atoms in total. The number of likely N-dealkylation sites (tertiary alicyclic amines) is 1. The summed E-state index contributed by atoms with van der Waals surface area (Å²) in [6.45, 7) is 6.82. The first kappa shape index (κ1) is 18.4. The summed E-state index contributed by atoms with van der Waals surface area (Å²) in [5, 5.41) is 4.99. The van der Waals surface area contributed by atoms with Crippen LogP contribution < -0.4 is 5.32 Å². The highest BCUT2D eigenvalue weighted by Gasteiger charge is 2.22. The van der Waals surface area contributed by atoms with Gasteiger partial charge in [-0.15, -0.1) is 11.3 Å². The van der Waals surface area contributed by atoms with E-state index in [-0.39, 0.29) is 11.9 Å². The van der Waals surface area contributed by atoms with E-state index >= 15 is 0 Å². The normalized spacial score (nSPS) is 18.3. The lowest BCUT2D eigenvalue weighted by molar-refractivity contribution is -0.121. The molecule has 1 saturated heterocycles. The SMILES string of the molecule is Cc1nc(C)c(CC(=O)NC2CCCN(Cc3ccc(Cl)cc3)C2)s1. The molecule has 134 valence electrons. The van der Waals surface area contributed by atoms with Gasteiger partial charge in [-0.3, -0.25) is 9.69 Å². The second-order valence-corrected chi connectivity index (χ2v) is 8.41. The third-order valence-electron chi connectivity index (χ3n) is 4.51. The van der Waals surface area contributed by atoms with Crippen LogP contribution in [0.3, 0.4) is 0 Å². The predicted molar refractivity (Wildman–Crippen MR) is 103 cm³/mol. The van der Waals surface area contributed by atoms with E-state index in [0.717, 1.165) is 53.1 Å². The standard InChI is InChI=1S/C19H24ClN3OS/c1-13-18(25-14(2)21-13)10-19(24)22-17-4-3-9-23(12-17)11-15-5-7-16(20)8-6-15/h5-8,17H,3-4,9-12H2,1-2H3,(H,22,24). The van der Waals surface area contributed by atoms with E-state index < -0.39 is 0 Å². The van der Waals surface area contributed by atoms with Gasteiger partial charge in [-0.2, -0.15) is 0 Å². The van der Waals surface area contributed by atoms with Crippen molar-refractivity contribution in [3.05, 3.63) is 50.4 Å². The van der Waals surface area contributed by atoms with Crippen LogP contribution in [0.15, 0.2) is 24.3 Å². The molecular formula is C19H24ClN3OS. The van der Waals surface area contributed by atoms with E-state index in [1.165, 1.54) is 5.56 Å². The van der Waals surface area contributed by atoms with E-state index in [1.54, 1.807) is 11.3 Å². The number of thiazole rings is 1. The Morgan fingerprint density at radius 3 is 2.80 bits per heavy atom. The molecule has 6 heteroatoms. The Hall–Kier alpha value is -1.43. The molecule has 2 aromatic rings. The molecule has 0 saturated carbocycles. The predicted octanol–water partition coefficient (Wildman–Crippen LogP) is 3.74. The van der Waals surface area contributed by atoms with Gasteiger partial charge in [-0.25, -0.2) is 4.98 Å². The number of carbonyl (C=O) groups is 1. The number of aromatic nitrogens is 1. The maximum atomic E-state index is 12.4. The van der Waals surface area contributed by atoms with Crippen LogP contribution in [0, 0.1) is 13.8 Å². The molecule has 3 rings (SSSR count). The summed E-state index contributed by atoms with van der Waals surface area (Å²) >= 11 is 7.56. The maximum absolute atomic E-state index is 12.4. The zero-order chi connectivity index (χ0) is 17.8. The molecule has 1 aliphatic rings. The number of nitrogens with zero attached hydrogens (tertiary/aromatic N) is 2. The molecule has 1 N–H and O–H groups in total. The van der Waals surface area contributed by atoms with E-state index in [4.69, 9.17) is 11.6 Å². The van der Waals surface area contributed by atoms with Gasteiger partial charge in [0.2, 0.25) is 5.91 Å². The van der Waals surface area contributed by atoms with Gasteiger partial charge in [-0.1, -0.05) is 23.7 Å². The number of hydrogen-bond donors (Lipinski definition) is 1. The molecule has 0 spiro atoms. The molecule has 1 aromatic carbocycles. The zero-order valence-corrected chi connectivity index (χ0v) is 16.3. The van der Waals surface area contributed by atoms with E-state index in [2.05, 4.69) is 27.3 Å². The first-order chi connectivity index (χ1) is 12.0. The highest BCUT2D eigenvalue weighted by molar-refractivity contribution is 7.11. The first-order valence-corrected chi connectivity index (χ1v) is 9.88. The van der Waals surface area contributed by atoms with Gasteiger partial charge in [0.25, 0.3) is 0 Å². The summed E-state index contributed by atoms with van der Waals surface area (Å²) in [6.07, 6.45) is 2.59. The Balaban J connectivity index is 1.51. The molecule has 0 aliphatic carbocycles. The topological polar surface area (TPSA) is 45.2 Å². The molecule has 1 fully saturated rings. The third-order valence-corrected chi connectivity index (χ3v) is 5.84. The second kappa shape index (κ2) is 8.30. The Bertz CT molecular complexity index is 729. The van der Waals surface area contributed by atoms with Crippen LogP contribution in [-0.4, -0.2) is 34.9 Å². The van der Waals surface area contributed by atoms with Crippen molar-refractivity contribution in [2.45, 2.75) is 45.7 Å². The Labute approximate surface area is 158 Å². The molecule has 1 aromatic heterocycles. The Kier molecular flexibility index (Phi) is 6.10. The van der Waals surface area contributed by atoms with Crippen molar-refractivity contribution in [1.29, 1.82) is 0 Å². The van der Waals surface area contributed by atoms with Crippen molar-refractivity contribution in [1.82, 2.24) is 15.2 Å². The van der Waals surface area contributed by atoms with E-state index in [0.29, 0.717) is 6.42 Å². The van der Waals surface area contributed by atoms with Gasteiger partial charge in [0.05, 0.1) is 17.1 Å². The van der Waals surface area contributed by atoms with Crippen LogP contribution in [0.2, 0.25) is 5.02 Å². The average molecular weight is 378 g/mol. The number of amides is 1. The van der Waals surface area contributed by atoms with Gasteiger partial charge in [0, 0.05) is 29.0 Å². The second-order valence-electron chi connectivity index (χ2n) is 6.69. The van der Waals surface area contributed by atoms with Crippen LogP contribution in [0.4, 0.5) is 0 Å². The Morgan fingerprint density at radius 1 is 1.36 bits per heavy atom. The van der Waals surface area contributed by atoms with Gasteiger partial charge in [0.1, 0.15) is 0 Å². The largest absolute Gasteiger partial charge is 0.352 e. The van der Waals surface area contributed by atoms with Gasteiger partial charge >= 0.3 is 0 Å². The number of aryl methyl sites for hydroxylation is 2. The molecule has 0 radical (unpaired) electrons. The fourth-order valence-electron chi connectivity index (χ4n) is 3.33. The summed E-state index contributed by atoms with van der Waals surface area (Å²) in [5.41, 5.74) is 2.23. The monoisotopic (exact) mass is 377 g/mol. The van der Waals surface area contributed by atoms with Crippen molar-refractivity contribution < 1.29 is 4.79 Å². The zero-order valence-electron chi connectivity index (χ0n) is 14.7. The van der Waals surface area contributed by atoms with Crippen molar-refractivity contribution >= 4 is 28.8 Å². The summed E-state index contributed by atoms with van der Waals surface area (Å²) in [5.74, 6) is 0.102. The number of piperidine rings is 1. The van der Waals surface area contributed by atoms with Crippen LogP contribution in [0.25, 0.3) is 0 Å². The van der Waals surface area contributed by atoms with Crippen LogP contribution in [-0.2, 0) is 17.8 Å². The number of nitrogens with one attached hydrogen (secondary N) is 1. The highest BCUT2D eigenvalue weighted by Crippen LogP contribution is 2.19. The third kappa shape index (κ3) is 5.27. The van der Waals surface area contributed by atoms with Gasteiger partial charge in [-0.05, 0) is 50.9 Å². The summed E-state index contributed by atoms with van der Waals surface area (Å²) in [6, 6.07) is 8.22. The average Bonchev–Trinajstić information content (AvgIpc) is 2.87. The first-order valence-electron chi connectivity index (χ1n) is 8.68. The molecule has 1 aliphatic heterocycles. The Morgan fingerprint density at radius 2 is 2.12 bits per heavy atom. The summed E-state index contributed by atoms with van der Waals surface area (Å²) < 4.78 is 0. The molecular weight excluding hydrogens is 354 g/mol. The van der Waals surface area contributed by atoms with Gasteiger partial charge in [0.15, 0.2) is 0 Å². The molecule has 1 atom stereocenters. The minimum absolute atomic E-state index is 0.102. The number of hydrogen-bond acceptors (Lipinski definition) is 4. The molecule has 2 heterocycles. The molecule has 1 unspecified atom stereocenters. The lowest BCUT2D eigenvalue weighted by Crippen LogP contribution is -2.47. The van der Waals surface area contributed by atoms with Crippen molar-refractivity contribution in [3.63, 3.8) is 0 Å². The minimum atomic E-state index is 0.102. The maximum Gasteiger partial charge on any atom is 0.225 e. The fourth-order valence-corrected chi connectivity index (χ4v) is 4.39. The minimum Gasteiger partial charge on any atom is -0.352 e. The van der Waals surface area contributed by atoms with E-state index in [9.17, 15) is 4.79 Å². The smallest absolute Gasteiger partial charge is 0.225 e. The number of rotatable bonds is 5. The fraction of sp³-hybridized carbons (Fsp3) is 0.474. The van der Waals surface area contributed by atoms with Gasteiger partial charge < -0.3 is 5.32 Å². The molecule has 25 heavy (non-hydrogen) atoms. The van der Waals surface area contributed by atoms with Crippen LogP contribution in [0.5, 0.6) is 0 Å². The van der Waals surface area contributed by atoms with Crippen LogP contribution >= 0.6 is 22.9 Å². The molecule has 1 amide bonds. The lowest BCUT2D eigenvalue weighted by atomic mass is 10.0. The quantitative estimate of drug-likeness (QED) is 0.863. The van der Waals surface area contributed by atoms with Crippen molar-refractivity contribution in [2.24, 2.45) is 0 Å². The summed E-state index contributed by atoms with van der Waals surface area (Å²) in [7, 11) is 0. The lowest BCUT2D eigenvalue weighted by Gasteiger charge is -2.33. The van der Waals surface area contributed by atoms with E-state index in [1.807, 2.05) is 26.0 Å². The number of benzene rings is 1. The van der Waals surface area contributed by atoms with Crippen molar-refractivity contribution in [3.8, 4) is 0 Å². The van der Waals surface area contributed by atoms with Crippen LogP contribution in [0.1, 0.15) is 34.0 Å².